The van der Waals surface area contributed by atoms with Crippen LogP contribution in [0.3, 0.4) is 0 Å². The number of fused-ring (bicyclic) bond motifs is 1. The number of para-hydroxylation sites is 1. The number of ether oxygens (including phenoxy) is 2. The van der Waals surface area contributed by atoms with Crippen LogP contribution in [0, 0.1) is 23.7 Å². The molecule has 9 atom stereocenters. The highest BCUT2D eigenvalue weighted by atomic mass is 16.5. The van der Waals surface area contributed by atoms with E-state index in [0.717, 1.165) is 29.3 Å². The van der Waals surface area contributed by atoms with Gasteiger partial charge in [-0.05, 0) is 68.7 Å². The van der Waals surface area contributed by atoms with Crippen molar-refractivity contribution in [2.24, 2.45) is 29.4 Å². The van der Waals surface area contributed by atoms with E-state index >= 15 is 0 Å². The number of hydrogen-bond donors (Lipinski definition) is 5. The number of primary amides is 1. The molecule has 5 amide bonds. The fourth-order valence-electron chi connectivity index (χ4n) is 9.29. The molecule has 0 aliphatic carbocycles. The number of H-pyrrole nitrogens is 1. The number of carboxylic acids is 1. The molecule has 354 valence electrons. The number of carbonyl (C=O) groups is 6. The Hall–Kier alpha value is -4.54. The standard InChI is InChI=1S/C47H77N7O9/c1-12-30(6)42(53(9)47(61)40(28(2)3)51-46(60)41(29(4)5)52(8)23-17-13-14-22-39(56)57)37(62-10)26-38(55)54-24-18-21-36(54)43(63-11)31(7)45(59)50-35(44(48)58)25-32-27-49-34-20-16-15-19-33(32)34/h15-16,19-20,27-31,35-37,40-43,49H,12-14,17-18,21-26H2,1-11H3,(H2,48,58)(H,50,59)(H,51,60)(H,56,57)/t30-,31+,35-,36-,37+,40-,41-,42?,43+/m0/s1. The predicted molar refractivity (Wildman–Crippen MR) is 243 cm³/mol. The zero-order valence-electron chi connectivity index (χ0n) is 39.6. The molecule has 2 aromatic rings. The smallest absolute Gasteiger partial charge is 0.303 e. The number of carbonyl (C=O) groups excluding carboxylic acids is 5. The molecule has 1 unspecified atom stereocenters. The van der Waals surface area contributed by atoms with Crippen molar-refractivity contribution in [3.63, 3.8) is 0 Å². The maximum Gasteiger partial charge on any atom is 0.303 e. The van der Waals surface area contributed by atoms with Crippen molar-refractivity contribution < 1.29 is 43.3 Å². The van der Waals surface area contributed by atoms with Gasteiger partial charge in [-0.15, -0.1) is 0 Å². The number of benzene rings is 1. The number of aromatic nitrogens is 1. The van der Waals surface area contributed by atoms with Gasteiger partial charge in [0.25, 0.3) is 0 Å². The highest BCUT2D eigenvalue weighted by Gasteiger charge is 2.43. The van der Waals surface area contributed by atoms with Crippen LogP contribution in [-0.2, 0) is 44.7 Å². The van der Waals surface area contributed by atoms with Gasteiger partial charge in [-0.3, -0.25) is 33.7 Å². The third kappa shape index (κ3) is 14.2. The average Bonchev–Trinajstić information content (AvgIpc) is 3.89. The van der Waals surface area contributed by atoms with Gasteiger partial charge in [0.05, 0.1) is 42.7 Å². The van der Waals surface area contributed by atoms with E-state index in [0.29, 0.717) is 38.8 Å². The maximum atomic E-state index is 14.5. The monoisotopic (exact) mass is 884 g/mol. The summed E-state index contributed by atoms with van der Waals surface area (Å²) in [7, 11) is 6.63. The van der Waals surface area contributed by atoms with Crippen LogP contribution in [0.25, 0.3) is 10.9 Å². The number of aliphatic carboxylic acids is 1. The number of methoxy groups -OCH3 is 2. The van der Waals surface area contributed by atoms with Crippen molar-refractivity contribution in [1.29, 1.82) is 0 Å². The summed E-state index contributed by atoms with van der Waals surface area (Å²) in [5, 5.41) is 15.8. The van der Waals surface area contributed by atoms with Gasteiger partial charge in [0.2, 0.25) is 29.5 Å². The normalized spacial score (nSPS) is 18.1. The summed E-state index contributed by atoms with van der Waals surface area (Å²) in [5.74, 6) is -3.76. The molecule has 2 heterocycles. The molecule has 1 aliphatic heterocycles. The first-order chi connectivity index (χ1) is 29.8. The molecule has 1 aromatic carbocycles. The number of likely N-dealkylation sites (N-methyl/N-ethyl adjacent to an activating group) is 2. The van der Waals surface area contributed by atoms with E-state index in [1.54, 1.807) is 23.8 Å². The van der Waals surface area contributed by atoms with E-state index in [-0.39, 0.29) is 54.7 Å². The number of rotatable bonds is 27. The minimum absolute atomic E-state index is 0.0314. The zero-order chi connectivity index (χ0) is 47.1. The Morgan fingerprint density at radius 2 is 1.62 bits per heavy atom. The van der Waals surface area contributed by atoms with Crippen LogP contribution in [0.4, 0.5) is 0 Å². The molecule has 1 aromatic heterocycles. The SMILES string of the molecule is CC[C@H](C)C([C@@H](CC(=O)N1CCC[C@H]1[C@H](OC)[C@@H](C)C(=O)N[C@@H](Cc1c[nH]c2ccccc12)C(N)=O)OC)N(C)C(=O)[C@@H](NC(=O)[C@H](C(C)C)N(C)CCCCCC(=O)O)C(C)C. The zero-order valence-corrected chi connectivity index (χ0v) is 39.6. The van der Waals surface area contributed by atoms with E-state index in [1.165, 1.54) is 14.2 Å². The minimum atomic E-state index is -0.965. The number of carboxylic acid groups (broad SMARTS) is 1. The predicted octanol–water partition coefficient (Wildman–Crippen LogP) is 4.34. The third-order valence-electron chi connectivity index (χ3n) is 13.0. The van der Waals surface area contributed by atoms with E-state index in [4.69, 9.17) is 20.3 Å². The average molecular weight is 884 g/mol. The molecule has 1 aliphatic rings. The number of nitrogens with zero attached hydrogens (tertiary/aromatic N) is 3. The summed E-state index contributed by atoms with van der Waals surface area (Å²) in [6.07, 6.45) is 4.76. The van der Waals surface area contributed by atoms with Gasteiger partial charge in [-0.25, -0.2) is 0 Å². The Labute approximate surface area is 374 Å². The Kier molecular flexibility index (Phi) is 21.0. The Balaban J connectivity index is 1.75. The Bertz CT molecular complexity index is 1820. The van der Waals surface area contributed by atoms with Crippen molar-refractivity contribution in [3.05, 3.63) is 36.0 Å². The lowest BCUT2D eigenvalue weighted by molar-refractivity contribution is -0.148. The molecular formula is C47H77N7O9. The van der Waals surface area contributed by atoms with Crippen LogP contribution in [0.1, 0.15) is 105 Å². The molecule has 63 heavy (non-hydrogen) atoms. The Morgan fingerprint density at radius 3 is 2.21 bits per heavy atom. The molecular weight excluding hydrogens is 807 g/mol. The first-order valence-corrected chi connectivity index (χ1v) is 22.8. The highest BCUT2D eigenvalue weighted by Crippen LogP contribution is 2.30. The van der Waals surface area contributed by atoms with Gasteiger partial charge in [0.15, 0.2) is 0 Å². The number of amides is 5. The molecule has 0 radical (unpaired) electrons. The number of hydrogen-bond acceptors (Lipinski definition) is 9. The van der Waals surface area contributed by atoms with Gasteiger partial charge in [-0.2, -0.15) is 0 Å². The highest BCUT2D eigenvalue weighted by molar-refractivity contribution is 5.91. The summed E-state index contributed by atoms with van der Waals surface area (Å²) in [6, 6.07) is 4.42. The lowest BCUT2D eigenvalue weighted by Gasteiger charge is -2.41. The lowest BCUT2D eigenvalue weighted by Crippen LogP contribution is -2.60. The summed E-state index contributed by atoms with van der Waals surface area (Å²) in [4.78, 5) is 88.7. The first-order valence-electron chi connectivity index (χ1n) is 22.8. The Morgan fingerprint density at radius 1 is 0.937 bits per heavy atom. The van der Waals surface area contributed by atoms with Crippen LogP contribution in [0.2, 0.25) is 0 Å². The van der Waals surface area contributed by atoms with Crippen LogP contribution in [0.15, 0.2) is 30.5 Å². The number of aromatic amines is 1. The maximum absolute atomic E-state index is 14.5. The van der Waals surface area contributed by atoms with E-state index in [2.05, 4.69) is 15.6 Å². The summed E-state index contributed by atoms with van der Waals surface area (Å²) < 4.78 is 12.0. The largest absolute Gasteiger partial charge is 0.481 e. The van der Waals surface area contributed by atoms with Gasteiger partial charge in [0.1, 0.15) is 12.1 Å². The molecule has 0 spiro atoms. The summed E-state index contributed by atoms with van der Waals surface area (Å²) in [6.45, 7) is 14.5. The second kappa shape index (κ2) is 25.1. The van der Waals surface area contributed by atoms with Gasteiger partial charge >= 0.3 is 5.97 Å². The number of nitrogens with one attached hydrogen (secondary N) is 3. The third-order valence-corrected chi connectivity index (χ3v) is 13.0. The van der Waals surface area contributed by atoms with Crippen molar-refractivity contribution in [3.8, 4) is 0 Å². The van der Waals surface area contributed by atoms with Gasteiger partial charge < -0.3 is 45.7 Å². The van der Waals surface area contributed by atoms with Gasteiger partial charge in [-0.1, -0.05) is 79.5 Å². The molecule has 6 N–H and O–H groups in total. The molecule has 0 bridgehead atoms. The molecule has 0 saturated carbocycles. The van der Waals surface area contributed by atoms with Crippen LogP contribution in [0.5, 0.6) is 0 Å². The minimum Gasteiger partial charge on any atom is -0.481 e. The molecule has 16 heteroatoms. The molecule has 3 rings (SSSR count). The molecule has 1 saturated heterocycles. The number of unbranched alkanes of at least 4 members (excludes halogenated alkanes) is 2. The van der Waals surface area contributed by atoms with Crippen LogP contribution >= 0.6 is 0 Å². The van der Waals surface area contributed by atoms with E-state index < -0.39 is 66.1 Å². The summed E-state index contributed by atoms with van der Waals surface area (Å²) >= 11 is 0. The topological polar surface area (TPSA) is 217 Å². The fraction of sp³-hybridized carbons (Fsp3) is 0.702. The fourth-order valence-corrected chi connectivity index (χ4v) is 9.29. The second-order valence-corrected chi connectivity index (χ2v) is 18.2. The van der Waals surface area contributed by atoms with E-state index in [9.17, 15) is 28.8 Å². The van der Waals surface area contributed by atoms with Crippen molar-refractivity contribution >= 4 is 46.4 Å². The second-order valence-electron chi connectivity index (χ2n) is 18.2. The van der Waals surface area contributed by atoms with Crippen LogP contribution in [-0.4, -0.2) is 144 Å². The molecule has 16 nitrogen and oxygen atoms in total. The van der Waals surface area contributed by atoms with Crippen LogP contribution < -0.4 is 16.4 Å². The van der Waals surface area contributed by atoms with Crippen molar-refractivity contribution in [2.45, 2.75) is 149 Å². The van der Waals surface area contributed by atoms with Crippen molar-refractivity contribution in [1.82, 2.24) is 30.3 Å². The first kappa shape index (κ1) is 52.8. The quantitative estimate of drug-likeness (QED) is 0.0800. The number of likely N-dealkylation sites (tertiary alicyclic amines) is 1. The number of nitrogens with two attached hydrogens (primary N) is 1. The van der Waals surface area contributed by atoms with E-state index in [1.807, 2.05) is 84.0 Å². The van der Waals surface area contributed by atoms with Crippen molar-refractivity contribution in [2.75, 3.05) is 41.4 Å². The lowest BCUT2D eigenvalue weighted by atomic mass is 9.89. The van der Waals surface area contributed by atoms with Gasteiger partial charge in [0, 0.05) is 57.8 Å². The molecule has 1 fully saturated rings. The summed E-state index contributed by atoms with van der Waals surface area (Å²) in [5.41, 5.74) is 7.55.